The Morgan fingerprint density at radius 2 is 1.95 bits per heavy atom. The molecule has 0 atom stereocenters. The van der Waals surface area contributed by atoms with Crippen molar-refractivity contribution < 1.29 is 5.11 Å². The summed E-state index contributed by atoms with van der Waals surface area (Å²) in [5.74, 6) is 0.912. The van der Waals surface area contributed by atoms with E-state index in [0.29, 0.717) is 0 Å². The van der Waals surface area contributed by atoms with Crippen molar-refractivity contribution in [2.75, 3.05) is 11.9 Å². The molecule has 2 rings (SSSR count). The van der Waals surface area contributed by atoms with E-state index in [9.17, 15) is 5.11 Å². The van der Waals surface area contributed by atoms with Crippen molar-refractivity contribution in [1.29, 1.82) is 0 Å². The minimum Gasteiger partial charge on any atom is -0.392 e. The summed E-state index contributed by atoms with van der Waals surface area (Å²) >= 11 is 0. The molecular weight excluding hydrogens is 248 g/mol. The zero-order chi connectivity index (χ0) is 14.5. The number of rotatable bonds is 5. The fraction of sp³-hybridized carbons (Fsp3) is 0.353. The molecule has 1 N–H and O–H groups in total. The minimum absolute atomic E-state index is 0.0564. The van der Waals surface area contributed by atoms with Gasteiger partial charge in [0.05, 0.1) is 6.61 Å². The van der Waals surface area contributed by atoms with E-state index >= 15 is 0 Å². The van der Waals surface area contributed by atoms with E-state index in [4.69, 9.17) is 0 Å². The molecule has 0 radical (unpaired) electrons. The molecule has 3 heteroatoms. The Morgan fingerprint density at radius 3 is 2.60 bits per heavy atom. The van der Waals surface area contributed by atoms with Crippen LogP contribution in [0.3, 0.4) is 0 Å². The van der Waals surface area contributed by atoms with Crippen LogP contribution >= 0.6 is 0 Å². The topological polar surface area (TPSA) is 36.4 Å². The Kier molecular flexibility index (Phi) is 4.74. The van der Waals surface area contributed by atoms with E-state index < -0.39 is 0 Å². The molecule has 0 unspecified atom stereocenters. The fourth-order valence-corrected chi connectivity index (χ4v) is 2.27. The Bertz CT molecular complexity index is 559. The number of aliphatic hydroxyl groups excluding tert-OH is 1. The predicted octanol–water partition coefficient (Wildman–Crippen LogP) is 3.08. The summed E-state index contributed by atoms with van der Waals surface area (Å²) in [7, 11) is 2.03. The zero-order valence-corrected chi connectivity index (χ0v) is 12.4. The van der Waals surface area contributed by atoms with E-state index in [2.05, 4.69) is 48.0 Å². The highest BCUT2D eigenvalue weighted by Gasteiger charge is 2.07. The number of hydrogen-bond acceptors (Lipinski definition) is 3. The second-order valence-corrected chi connectivity index (χ2v) is 5.18. The van der Waals surface area contributed by atoms with Crippen LogP contribution in [0.5, 0.6) is 0 Å². The van der Waals surface area contributed by atoms with Crippen LogP contribution < -0.4 is 4.90 Å². The van der Waals surface area contributed by atoms with Gasteiger partial charge in [-0.2, -0.15) is 0 Å². The van der Waals surface area contributed by atoms with Gasteiger partial charge in [-0.05, 0) is 36.6 Å². The summed E-state index contributed by atoms with van der Waals surface area (Å²) in [6.45, 7) is 5.05. The van der Waals surface area contributed by atoms with Gasteiger partial charge in [0.1, 0.15) is 5.82 Å². The normalized spacial score (nSPS) is 10.6. The molecule has 3 nitrogen and oxygen atoms in total. The lowest BCUT2D eigenvalue weighted by molar-refractivity contribution is 0.281. The number of anilines is 1. The maximum atomic E-state index is 9.34. The fourth-order valence-electron chi connectivity index (χ4n) is 2.27. The van der Waals surface area contributed by atoms with E-state index in [1.807, 2.05) is 19.2 Å². The lowest BCUT2D eigenvalue weighted by Crippen LogP contribution is -2.18. The Morgan fingerprint density at radius 1 is 1.15 bits per heavy atom. The smallest absolute Gasteiger partial charge is 0.129 e. The van der Waals surface area contributed by atoms with Gasteiger partial charge in [0.2, 0.25) is 0 Å². The van der Waals surface area contributed by atoms with Crippen molar-refractivity contribution in [2.45, 2.75) is 33.4 Å². The molecule has 0 saturated heterocycles. The summed E-state index contributed by atoms with van der Waals surface area (Å²) in [6.07, 6.45) is 0.874. The summed E-state index contributed by atoms with van der Waals surface area (Å²) in [6, 6.07) is 12.4. The lowest BCUT2D eigenvalue weighted by atomic mass is 10.1. The molecule has 20 heavy (non-hydrogen) atoms. The first-order chi connectivity index (χ1) is 9.62. The predicted molar refractivity (Wildman–Crippen MR) is 82.8 cm³/mol. The van der Waals surface area contributed by atoms with Gasteiger partial charge in [0, 0.05) is 19.3 Å². The van der Waals surface area contributed by atoms with Crippen molar-refractivity contribution >= 4 is 5.82 Å². The third-order valence-corrected chi connectivity index (χ3v) is 3.36. The van der Waals surface area contributed by atoms with Crippen molar-refractivity contribution in [1.82, 2.24) is 4.98 Å². The van der Waals surface area contributed by atoms with Crippen LogP contribution in [-0.2, 0) is 19.6 Å². The van der Waals surface area contributed by atoms with Crippen molar-refractivity contribution in [3.63, 3.8) is 0 Å². The first kappa shape index (κ1) is 14.5. The van der Waals surface area contributed by atoms with Crippen molar-refractivity contribution in [3.05, 3.63) is 58.8 Å². The molecule has 1 aromatic heterocycles. The molecule has 1 aromatic carbocycles. The number of pyridine rings is 1. The van der Waals surface area contributed by atoms with E-state index in [0.717, 1.165) is 30.0 Å². The summed E-state index contributed by atoms with van der Waals surface area (Å²) in [5.41, 5.74) is 4.47. The molecule has 0 bridgehead atoms. The van der Waals surface area contributed by atoms with Gasteiger partial charge in [-0.15, -0.1) is 0 Å². The molecular formula is C17H22N2O. The number of aryl methyl sites for hydroxylation is 2. The number of hydrogen-bond donors (Lipinski definition) is 1. The Balaban J connectivity index is 2.22. The summed E-state index contributed by atoms with van der Waals surface area (Å²) in [4.78, 5) is 6.75. The van der Waals surface area contributed by atoms with Crippen LogP contribution in [0.1, 0.15) is 29.3 Å². The molecule has 0 spiro atoms. The third kappa shape index (κ3) is 3.58. The van der Waals surface area contributed by atoms with E-state index in [-0.39, 0.29) is 6.61 Å². The van der Waals surface area contributed by atoms with E-state index in [1.54, 1.807) is 0 Å². The van der Waals surface area contributed by atoms with Crippen LogP contribution in [0.2, 0.25) is 0 Å². The van der Waals surface area contributed by atoms with Crippen LogP contribution in [0.4, 0.5) is 5.82 Å². The summed E-state index contributed by atoms with van der Waals surface area (Å²) < 4.78 is 0. The maximum Gasteiger partial charge on any atom is 0.129 e. The maximum absolute atomic E-state index is 9.34. The molecule has 0 amide bonds. The average Bonchev–Trinajstić information content (AvgIpc) is 2.46. The van der Waals surface area contributed by atoms with Crippen LogP contribution in [-0.4, -0.2) is 17.1 Å². The standard InChI is InChI=1S/C17H22N2O/c1-4-16-9-15(12-20)10-17(18-16)19(3)11-14-7-5-6-13(2)8-14/h5-10,20H,4,11-12H2,1-3H3. The molecule has 0 aliphatic heterocycles. The van der Waals surface area contributed by atoms with Gasteiger partial charge in [-0.3, -0.25) is 0 Å². The molecule has 0 aliphatic carbocycles. The average molecular weight is 270 g/mol. The molecule has 0 fully saturated rings. The quantitative estimate of drug-likeness (QED) is 0.907. The van der Waals surface area contributed by atoms with Gasteiger partial charge in [-0.1, -0.05) is 36.8 Å². The van der Waals surface area contributed by atoms with Gasteiger partial charge >= 0.3 is 0 Å². The highest BCUT2D eigenvalue weighted by molar-refractivity contribution is 5.43. The number of benzene rings is 1. The van der Waals surface area contributed by atoms with Crippen LogP contribution in [0, 0.1) is 6.92 Å². The molecule has 106 valence electrons. The van der Waals surface area contributed by atoms with E-state index in [1.165, 1.54) is 11.1 Å². The van der Waals surface area contributed by atoms with Gasteiger partial charge in [0.15, 0.2) is 0 Å². The largest absolute Gasteiger partial charge is 0.392 e. The number of aliphatic hydroxyl groups is 1. The van der Waals surface area contributed by atoms with Crippen LogP contribution in [0.15, 0.2) is 36.4 Å². The molecule has 1 heterocycles. The number of nitrogens with zero attached hydrogens (tertiary/aromatic N) is 2. The first-order valence-electron chi connectivity index (χ1n) is 6.99. The van der Waals surface area contributed by atoms with Crippen LogP contribution in [0.25, 0.3) is 0 Å². The molecule has 0 aliphatic rings. The van der Waals surface area contributed by atoms with Crippen molar-refractivity contribution in [2.24, 2.45) is 0 Å². The molecule has 0 saturated carbocycles. The van der Waals surface area contributed by atoms with Gasteiger partial charge in [0.25, 0.3) is 0 Å². The second-order valence-electron chi connectivity index (χ2n) is 5.18. The van der Waals surface area contributed by atoms with Gasteiger partial charge < -0.3 is 10.0 Å². The molecule has 2 aromatic rings. The lowest BCUT2D eigenvalue weighted by Gasteiger charge is -2.20. The highest BCUT2D eigenvalue weighted by Crippen LogP contribution is 2.17. The minimum atomic E-state index is 0.0564. The highest BCUT2D eigenvalue weighted by atomic mass is 16.3. The third-order valence-electron chi connectivity index (χ3n) is 3.36. The Hall–Kier alpha value is -1.87. The van der Waals surface area contributed by atoms with Crippen molar-refractivity contribution in [3.8, 4) is 0 Å². The first-order valence-corrected chi connectivity index (χ1v) is 6.99. The number of aromatic nitrogens is 1. The Labute approximate surface area is 120 Å². The second kappa shape index (κ2) is 6.53. The van der Waals surface area contributed by atoms with Gasteiger partial charge in [-0.25, -0.2) is 4.98 Å². The SMILES string of the molecule is CCc1cc(CO)cc(N(C)Cc2cccc(C)c2)n1. The monoisotopic (exact) mass is 270 g/mol. The zero-order valence-electron chi connectivity index (χ0n) is 12.4. The summed E-state index contributed by atoms with van der Waals surface area (Å²) in [5, 5.41) is 9.34.